The van der Waals surface area contributed by atoms with Gasteiger partial charge in [-0.15, -0.1) is 0 Å². The van der Waals surface area contributed by atoms with E-state index in [9.17, 15) is 14.4 Å². The molecular weight excluding hydrogens is 450 g/mol. The van der Waals surface area contributed by atoms with Gasteiger partial charge in [0.1, 0.15) is 0 Å². The Bertz CT molecular complexity index is 1220. The molecule has 1 aromatic heterocycles. The number of ether oxygens (including phenoxy) is 3. The van der Waals surface area contributed by atoms with Crippen LogP contribution in [0.4, 0.5) is 0 Å². The summed E-state index contributed by atoms with van der Waals surface area (Å²) in [6.45, 7) is 1.75. The van der Waals surface area contributed by atoms with Crippen molar-refractivity contribution in [2.24, 2.45) is 11.8 Å². The van der Waals surface area contributed by atoms with Gasteiger partial charge in [0.15, 0.2) is 11.5 Å². The fraction of sp³-hybridized carbons (Fsp3) is 0.500. The van der Waals surface area contributed by atoms with Crippen molar-refractivity contribution >= 4 is 11.8 Å². The number of aromatic nitrogens is 1. The second kappa shape index (κ2) is 8.94. The summed E-state index contributed by atoms with van der Waals surface area (Å²) >= 11 is 0. The summed E-state index contributed by atoms with van der Waals surface area (Å²) in [5.74, 6) is 1.07. The minimum absolute atomic E-state index is 0.0144. The van der Waals surface area contributed by atoms with Crippen molar-refractivity contribution < 1.29 is 23.8 Å². The Morgan fingerprint density at radius 3 is 2.43 bits per heavy atom. The molecule has 9 nitrogen and oxygen atoms in total. The van der Waals surface area contributed by atoms with Gasteiger partial charge in [-0.1, -0.05) is 6.07 Å². The summed E-state index contributed by atoms with van der Waals surface area (Å²) in [6, 6.07) is 8.50. The molecule has 0 radical (unpaired) electrons. The summed E-state index contributed by atoms with van der Waals surface area (Å²) in [7, 11) is 6.35. The van der Waals surface area contributed by atoms with E-state index in [1.165, 1.54) is 7.11 Å². The molecule has 4 atom stereocenters. The lowest BCUT2D eigenvalue weighted by molar-refractivity contribution is -0.139. The Kier molecular flexibility index (Phi) is 5.94. The molecule has 3 aliphatic rings. The molecule has 0 saturated carbocycles. The van der Waals surface area contributed by atoms with Crippen LogP contribution in [0.15, 0.2) is 35.1 Å². The highest BCUT2D eigenvalue weighted by Gasteiger charge is 2.47. The van der Waals surface area contributed by atoms with E-state index in [2.05, 4.69) is 0 Å². The Balaban J connectivity index is 1.48. The number of piperidine rings is 1. The largest absolute Gasteiger partial charge is 0.493 e. The number of hydrogen-bond acceptors (Lipinski definition) is 6. The van der Waals surface area contributed by atoms with Crippen molar-refractivity contribution in [2.45, 2.75) is 31.3 Å². The molecule has 0 spiro atoms. The maximum absolute atomic E-state index is 13.9. The molecule has 186 valence electrons. The van der Waals surface area contributed by atoms with Crippen LogP contribution in [-0.2, 0) is 16.1 Å². The lowest BCUT2D eigenvalue weighted by Crippen LogP contribution is -2.51. The number of likely N-dealkylation sites (tertiary alicyclic amines) is 2. The summed E-state index contributed by atoms with van der Waals surface area (Å²) in [6.07, 6.45) is 1.10. The fourth-order valence-electron chi connectivity index (χ4n) is 6.18. The number of benzene rings is 1. The van der Waals surface area contributed by atoms with Crippen LogP contribution in [0.25, 0.3) is 0 Å². The fourth-order valence-corrected chi connectivity index (χ4v) is 6.18. The molecule has 4 unspecified atom stereocenters. The minimum Gasteiger partial charge on any atom is -0.493 e. The number of fused-ring (bicyclic) bond motifs is 4. The van der Waals surface area contributed by atoms with Crippen LogP contribution >= 0.6 is 0 Å². The number of rotatable bonds is 5. The number of pyridine rings is 1. The van der Waals surface area contributed by atoms with E-state index in [1.807, 2.05) is 21.6 Å². The lowest BCUT2D eigenvalue weighted by atomic mass is 9.82. The Morgan fingerprint density at radius 1 is 0.943 bits per heavy atom. The van der Waals surface area contributed by atoms with Crippen molar-refractivity contribution in [3.8, 4) is 17.2 Å². The Morgan fingerprint density at radius 2 is 1.71 bits per heavy atom. The summed E-state index contributed by atoms with van der Waals surface area (Å²) in [4.78, 5) is 42.7. The first-order valence-electron chi connectivity index (χ1n) is 11.9. The zero-order chi connectivity index (χ0) is 24.9. The predicted molar refractivity (Wildman–Crippen MR) is 128 cm³/mol. The molecular formula is C26H31N3O6. The Labute approximate surface area is 204 Å². The molecule has 2 aromatic rings. The molecule has 1 aromatic carbocycles. The molecule has 35 heavy (non-hydrogen) atoms. The van der Waals surface area contributed by atoms with Gasteiger partial charge in [0.2, 0.25) is 17.6 Å². The highest BCUT2D eigenvalue weighted by Crippen LogP contribution is 2.48. The monoisotopic (exact) mass is 481 g/mol. The summed E-state index contributed by atoms with van der Waals surface area (Å²) in [5, 5.41) is 0. The molecule has 2 amide bonds. The SMILES string of the molecule is COc1ccc(C2C(C(=O)N3CC4CC(C3)c3cccc(=O)n3C4)CC(=O)N2C)c(OC)c1OC. The minimum atomic E-state index is -0.545. The number of carbonyl (C=O) groups excluding carboxylic acids is 2. The van der Waals surface area contributed by atoms with Crippen molar-refractivity contribution in [1.82, 2.24) is 14.4 Å². The topological polar surface area (TPSA) is 90.3 Å². The van der Waals surface area contributed by atoms with Gasteiger partial charge in [-0.3, -0.25) is 14.4 Å². The van der Waals surface area contributed by atoms with E-state index < -0.39 is 12.0 Å². The first-order chi connectivity index (χ1) is 16.9. The quantitative estimate of drug-likeness (QED) is 0.649. The third-order valence-corrected chi connectivity index (χ3v) is 7.75. The second-order valence-corrected chi connectivity index (χ2v) is 9.63. The summed E-state index contributed by atoms with van der Waals surface area (Å²) < 4.78 is 18.5. The zero-order valence-electron chi connectivity index (χ0n) is 20.5. The molecule has 2 saturated heterocycles. The van der Waals surface area contributed by atoms with E-state index in [4.69, 9.17) is 14.2 Å². The van der Waals surface area contributed by atoms with Crippen molar-refractivity contribution in [2.75, 3.05) is 41.5 Å². The highest BCUT2D eigenvalue weighted by atomic mass is 16.5. The zero-order valence-corrected chi connectivity index (χ0v) is 20.5. The van der Waals surface area contributed by atoms with E-state index in [0.29, 0.717) is 42.4 Å². The highest BCUT2D eigenvalue weighted by molar-refractivity contribution is 5.90. The van der Waals surface area contributed by atoms with Gasteiger partial charge in [-0.25, -0.2) is 0 Å². The van der Waals surface area contributed by atoms with Crippen molar-refractivity contribution in [1.29, 1.82) is 0 Å². The number of hydrogen-bond donors (Lipinski definition) is 0. The normalized spacial score (nSPS) is 25.3. The van der Waals surface area contributed by atoms with E-state index in [-0.39, 0.29) is 35.6 Å². The molecule has 3 aliphatic heterocycles. The van der Waals surface area contributed by atoms with Crippen LogP contribution in [0, 0.1) is 11.8 Å². The molecule has 0 aliphatic carbocycles. The molecule has 4 heterocycles. The number of amides is 2. The average Bonchev–Trinajstić information content (AvgIpc) is 3.16. The van der Waals surface area contributed by atoms with Crippen LogP contribution < -0.4 is 19.8 Å². The van der Waals surface area contributed by atoms with Gasteiger partial charge in [0.25, 0.3) is 5.56 Å². The van der Waals surface area contributed by atoms with Crippen LogP contribution in [0.2, 0.25) is 0 Å². The number of nitrogens with zero attached hydrogens (tertiary/aromatic N) is 3. The average molecular weight is 482 g/mol. The standard InChI is InChI=1S/C26H31N3O6/c1-27-22(31)11-18(23(27)17-8-9-20(33-2)25(35-4)24(17)34-3)26(32)28-12-15-10-16(14-28)19-6-5-7-21(30)29(19)13-15/h5-9,15-16,18,23H,10-14H2,1-4H3. The van der Waals surface area contributed by atoms with Crippen LogP contribution in [-0.4, -0.2) is 67.6 Å². The Hall–Kier alpha value is -3.49. The maximum atomic E-state index is 13.9. The third kappa shape index (κ3) is 3.73. The van der Waals surface area contributed by atoms with Crippen molar-refractivity contribution in [3.05, 3.63) is 51.9 Å². The smallest absolute Gasteiger partial charge is 0.250 e. The van der Waals surface area contributed by atoms with Gasteiger partial charge in [0, 0.05) is 56.3 Å². The summed E-state index contributed by atoms with van der Waals surface area (Å²) in [5.41, 5.74) is 1.72. The van der Waals surface area contributed by atoms with Gasteiger partial charge < -0.3 is 28.6 Å². The molecule has 9 heteroatoms. The van der Waals surface area contributed by atoms with Gasteiger partial charge in [-0.05, 0) is 30.5 Å². The first-order valence-corrected chi connectivity index (χ1v) is 11.9. The van der Waals surface area contributed by atoms with Crippen LogP contribution in [0.5, 0.6) is 17.2 Å². The van der Waals surface area contributed by atoms with Gasteiger partial charge >= 0.3 is 0 Å². The lowest BCUT2D eigenvalue weighted by Gasteiger charge is -2.44. The number of carbonyl (C=O) groups is 2. The molecule has 5 rings (SSSR count). The maximum Gasteiger partial charge on any atom is 0.250 e. The van der Waals surface area contributed by atoms with E-state index in [1.54, 1.807) is 44.4 Å². The number of methoxy groups -OCH3 is 3. The molecule has 0 N–H and O–H groups in total. The third-order valence-electron chi connectivity index (χ3n) is 7.75. The van der Waals surface area contributed by atoms with E-state index >= 15 is 0 Å². The van der Waals surface area contributed by atoms with Crippen LogP contribution in [0.1, 0.15) is 36.1 Å². The van der Waals surface area contributed by atoms with Crippen LogP contribution in [0.3, 0.4) is 0 Å². The first kappa shape index (κ1) is 23.3. The van der Waals surface area contributed by atoms with Crippen molar-refractivity contribution in [3.63, 3.8) is 0 Å². The van der Waals surface area contributed by atoms with Gasteiger partial charge in [-0.2, -0.15) is 0 Å². The molecule has 2 bridgehead atoms. The van der Waals surface area contributed by atoms with Gasteiger partial charge in [0.05, 0.1) is 33.3 Å². The second-order valence-electron chi connectivity index (χ2n) is 9.63. The predicted octanol–water partition coefficient (Wildman–Crippen LogP) is 2.04. The van der Waals surface area contributed by atoms with E-state index in [0.717, 1.165) is 12.1 Å². The molecule has 2 fully saturated rings.